The van der Waals surface area contributed by atoms with Gasteiger partial charge in [0.15, 0.2) is 29.0 Å². The predicted molar refractivity (Wildman–Crippen MR) is 253 cm³/mol. The van der Waals surface area contributed by atoms with E-state index in [1.807, 2.05) is 24.3 Å². The summed E-state index contributed by atoms with van der Waals surface area (Å²) < 4.78 is 35.1. The minimum absolute atomic E-state index is 0.361. The maximum atomic E-state index is 5.89. The van der Waals surface area contributed by atoms with Crippen molar-refractivity contribution in [3.63, 3.8) is 0 Å². The van der Waals surface area contributed by atoms with E-state index in [9.17, 15) is 0 Å². The van der Waals surface area contributed by atoms with Crippen molar-refractivity contribution in [2.24, 2.45) is 4.99 Å². The first-order valence-electron chi connectivity index (χ1n) is 20.8. The van der Waals surface area contributed by atoms with Crippen molar-refractivity contribution in [2.45, 2.75) is 19.1 Å². The molecule has 9 nitrogen and oxygen atoms in total. The van der Waals surface area contributed by atoms with Gasteiger partial charge in [0.25, 0.3) is 0 Å². The maximum absolute atomic E-state index is 5.89. The van der Waals surface area contributed by atoms with Crippen molar-refractivity contribution in [1.29, 1.82) is 0 Å². The molecule has 0 amide bonds. The first kappa shape index (κ1) is 40.7. The molecule has 0 bridgehead atoms. The van der Waals surface area contributed by atoms with E-state index in [1.54, 1.807) is 42.7 Å². The Morgan fingerprint density at radius 1 is 0.476 bits per heavy atom. The predicted octanol–water partition coefficient (Wildman–Crippen LogP) is 11.4. The molecule has 0 spiro atoms. The molecule has 0 aliphatic carbocycles. The average molecular weight is 836 g/mol. The highest BCUT2D eigenvalue weighted by molar-refractivity contribution is 6.12. The largest absolute Gasteiger partial charge is 0.493 e. The van der Waals surface area contributed by atoms with Crippen molar-refractivity contribution >= 4 is 27.5 Å². The normalized spacial score (nSPS) is 12.2. The summed E-state index contributed by atoms with van der Waals surface area (Å²) in [4.78, 5) is 5.49. The summed E-state index contributed by atoms with van der Waals surface area (Å²) in [5.74, 6) is 3.60. The quantitative estimate of drug-likeness (QED) is 0.133. The average Bonchev–Trinajstić information content (AvgIpc) is 3.42. The Kier molecular flexibility index (Phi) is 11.5. The number of guanidine groups is 1. The zero-order chi connectivity index (χ0) is 43.5. The molecular formula is C54H49N3O6. The Morgan fingerprint density at radius 3 is 1.33 bits per heavy atom. The lowest BCUT2D eigenvalue weighted by atomic mass is 9.81. The molecule has 0 aromatic heterocycles. The highest BCUT2D eigenvalue weighted by atomic mass is 16.5. The zero-order valence-electron chi connectivity index (χ0n) is 36.2. The van der Waals surface area contributed by atoms with Gasteiger partial charge in [-0.2, -0.15) is 0 Å². The van der Waals surface area contributed by atoms with Crippen LogP contribution in [0.3, 0.4) is 0 Å². The minimum Gasteiger partial charge on any atom is -0.493 e. The summed E-state index contributed by atoms with van der Waals surface area (Å²) >= 11 is 0. The van der Waals surface area contributed by atoms with E-state index in [4.69, 9.17) is 33.4 Å². The molecule has 8 aromatic rings. The lowest BCUT2D eigenvalue weighted by Crippen LogP contribution is -2.40. The van der Waals surface area contributed by atoms with E-state index < -0.39 is 6.04 Å². The number of ether oxygens (including phenoxy) is 6. The third kappa shape index (κ3) is 7.56. The van der Waals surface area contributed by atoms with Gasteiger partial charge in [0, 0.05) is 6.54 Å². The topological polar surface area (TPSA) is 91.8 Å². The summed E-state index contributed by atoms with van der Waals surface area (Å²) in [6.07, 6.45) is 0. The molecule has 8 aromatic carbocycles. The molecule has 1 aliphatic heterocycles. The van der Waals surface area contributed by atoms with Gasteiger partial charge in [-0.25, -0.2) is 4.99 Å². The lowest BCUT2D eigenvalue weighted by molar-refractivity contribution is 0.322. The Labute approximate surface area is 367 Å². The van der Waals surface area contributed by atoms with Crippen molar-refractivity contribution in [1.82, 2.24) is 10.6 Å². The van der Waals surface area contributed by atoms with Crippen LogP contribution in [-0.2, 0) is 13.1 Å². The Hall–Kier alpha value is -7.65. The molecule has 0 fully saturated rings. The summed E-state index contributed by atoms with van der Waals surface area (Å²) in [7, 11) is 9.66. The molecule has 0 unspecified atom stereocenters. The van der Waals surface area contributed by atoms with Crippen molar-refractivity contribution in [2.75, 3.05) is 42.7 Å². The van der Waals surface area contributed by atoms with E-state index in [0.717, 1.165) is 49.9 Å². The molecular weight excluding hydrogens is 787 g/mol. The van der Waals surface area contributed by atoms with E-state index in [-0.39, 0.29) is 0 Å². The summed E-state index contributed by atoms with van der Waals surface area (Å²) in [5, 5.41) is 12.4. The SMILES string of the molecule is COc1cc(C(NC2=NCc3c(-c4ccccc4)cc4ccccc4c3-c3c(c(-c4ccccc4)cc4ccccc34)CN2)c2cc(OC)c(OC)c(OC)c2)cc(OC)c1OC. The first-order valence-corrected chi connectivity index (χ1v) is 20.8. The van der Waals surface area contributed by atoms with E-state index in [2.05, 4.69) is 132 Å². The number of hydrogen-bond donors (Lipinski definition) is 2. The zero-order valence-corrected chi connectivity index (χ0v) is 36.2. The van der Waals surface area contributed by atoms with Crippen LogP contribution in [0.4, 0.5) is 0 Å². The highest BCUT2D eigenvalue weighted by Gasteiger charge is 2.28. The van der Waals surface area contributed by atoms with Crippen molar-refractivity contribution in [3.05, 3.63) is 168 Å². The van der Waals surface area contributed by atoms with Crippen LogP contribution in [0.1, 0.15) is 28.3 Å². The molecule has 2 N–H and O–H groups in total. The van der Waals surface area contributed by atoms with E-state index in [0.29, 0.717) is 53.5 Å². The monoisotopic (exact) mass is 835 g/mol. The van der Waals surface area contributed by atoms with Crippen LogP contribution >= 0.6 is 0 Å². The number of rotatable bonds is 11. The summed E-state index contributed by atoms with van der Waals surface area (Å²) in [6.45, 7) is 0.817. The van der Waals surface area contributed by atoms with Crippen LogP contribution in [0.25, 0.3) is 54.9 Å². The third-order valence-corrected chi connectivity index (χ3v) is 11.9. The fourth-order valence-corrected chi connectivity index (χ4v) is 8.96. The first-order chi connectivity index (χ1) is 31.0. The van der Waals surface area contributed by atoms with Gasteiger partial charge in [-0.3, -0.25) is 0 Å². The van der Waals surface area contributed by atoms with Gasteiger partial charge in [0.05, 0.1) is 55.2 Å². The molecule has 0 saturated carbocycles. The Bertz CT molecular complexity index is 2870. The molecule has 1 heterocycles. The molecule has 0 atom stereocenters. The molecule has 1 aliphatic rings. The summed E-state index contributed by atoms with van der Waals surface area (Å²) in [6, 6.07) is 50.6. The van der Waals surface area contributed by atoms with Gasteiger partial charge in [-0.15, -0.1) is 0 Å². The second kappa shape index (κ2) is 17.8. The van der Waals surface area contributed by atoms with Crippen LogP contribution in [0.15, 0.2) is 151 Å². The van der Waals surface area contributed by atoms with Crippen LogP contribution in [0.5, 0.6) is 34.5 Å². The van der Waals surface area contributed by atoms with E-state index in [1.165, 1.54) is 27.3 Å². The van der Waals surface area contributed by atoms with Gasteiger partial charge >= 0.3 is 0 Å². The van der Waals surface area contributed by atoms with Crippen molar-refractivity contribution in [3.8, 4) is 67.9 Å². The maximum Gasteiger partial charge on any atom is 0.203 e. The van der Waals surface area contributed by atoms with E-state index >= 15 is 0 Å². The van der Waals surface area contributed by atoms with Gasteiger partial charge in [0.2, 0.25) is 11.5 Å². The lowest BCUT2D eigenvalue weighted by Gasteiger charge is -2.26. The number of hydrogen-bond acceptors (Lipinski definition) is 9. The van der Waals surface area contributed by atoms with Gasteiger partial charge in [-0.05, 0) is 114 Å². The number of aliphatic imine (C=N–C) groups is 1. The summed E-state index contributed by atoms with van der Waals surface area (Å²) in [5.41, 5.74) is 10.8. The Morgan fingerprint density at radius 2 is 0.889 bits per heavy atom. The smallest absolute Gasteiger partial charge is 0.203 e. The molecule has 316 valence electrons. The molecule has 63 heavy (non-hydrogen) atoms. The van der Waals surface area contributed by atoms with Crippen LogP contribution in [0.2, 0.25) is 0 Å². The number of nitrogens with one attached hydrogen (secondary N) is 2. The van der Waals surface area contributed by atoms with Crippen molar-refractivity contribution < 1.29 is 28.4 Å². The van der Waals surface area contributed by atoms with Gasteiger partial charge in [-0.1, -0.05) is 109 Å². The molecule has 0 radical (unpaired) electrons. The Balaban J connectivity index is 1.32. The van der Waals surface area contributed by atoms with Gasteiger partial charge < -0.3 is 39.1 Å². The van der Waals surface area contributed by atoms with Crippen LogP contribution < -0.4 is 39.1 Å². The van der Waals surface area contributed by atoms with Gasteiger partial charge in [0.1, 0.15) is 0 Å². The van der Waals surface area contributed by atoms with Crippen LogP contribution in [-0.4, -0.2) is 48.6 Å². The molecule has 9 rings (SSSR count). The number of fused-ring (bicyclic) bond motifs is 7. The highest BCUT2D eigenvalue weighted by Crippen LogP contribution is 2.48. The fourth-order valence-electron chi connectivity index (χ4n) is 8.96. The number of benzene rings is 8. The second-order valence-electron chi connectivity index (χ2n) is 15.2. The van der Waals surface area contributed by atoms with Crippen LogP contribution in [0, 0.1) is 0 Å². The third-order valence-electron chi connectivity index (χ3n) is 11.9. The standard InChI is InChI=1S/C54H49N3O6/c1-58-45-27-37(28-46(59-2)52(45)62-5)51(38-29-47(60-3)53(63-6)48(30-38)61-4)57-54-55-31-43-41(33-17-9-7-10-18-33)25-35-21-13-15-23-39(35)49(43)50-40-24-16-14-22-36(40)26-42(44(50)32-56-54)34-19-11-8-12-20-34/h7-30,51H,31-32H2,1-6H3,(H2,55,56,57). The molecule has 9 heteroatoms. The second-order valence-corrected chi connectivity index (χ2v) is 15.2. The fraction of sp³-hybridized carbons (Fsp3) is 0.167. The number of nitrogens with zero attached hydrogens (tertiary/aromatic N) is 1. The number of methoxy groups -OCH3 is 6. The molecule has 0 saturated heterocycles. The minimum atomic E-state index is -0.547.